The number of carbonyl (C=O) groups excluding carboxylic acids is 4. The van der Waals surface area contributed by atoms with Crippen LogP contribution >= 0.6 is 0 Å². The van der Waals surface area contributed by atoms with Crippen molar-refractivity contribution in [3.8, 4) is 0 Å². The van der Waals surface area contributed by atoms with Crippen LogP contribution in [0.1, 0.15) is 76.3 Å². The van der Waals surface area contributed by atoms with Crippen molar-refractivity contribution in [2.75, 3.05) is 36.0 Å². The van der Waals surface area contributed by atoms with Gasteiger partial charge < -0.3 is 9.80 Å². The minimum atomic E-state index is -5.65. The fraction of sp³-hybridized carbons (Fsp3) is 0.391. The topological polar surface area (TPSA) is 74.8 Å². The summed E-state index contributed by atoms with van der Waals surface area (Å²) in [5, 5.41) is 0. The van der Waals surface area contributed by atoms with Gasteiger partial charge in [-0.25, -0.2) is 0 Å². The number of nitrogens with zero attached hydrogens (tertiary/aromatic N) is 2. The maximum Gasteiger partial charge on any atom is 0.455 e. The Balaban J connectivity index is 1.74. The highest BCUT2D eigenvalue weighted by molar-refractivity contribution is 6.24. The number of carbonyl (C=O) groups is 4. The van der Waals surface area contributed by atoms with Gasteiger partial charge in [-0.05, 0) is 74.2 Å². The number of halogens is 12. The largest absolute Gasteiger partial charge is 0.455 e. The van der Waals surface area contributed by atoms with Crippen LogP contribution in [0.25, 0.3) is 12.2 Å². The molecule has 0 saturated heterocycles. The van der Waals surface area contributed by atoms with E-state index in [-0.39, 0.29) is 12.2 Å². The van der Waals surface area contributed by atoms with Crippen molar-refractivity contribution in [3.05, 3.63) is 119 Å². The first kappa shape index (κ1) is 54.5. The number of unbranched alkanes of at least 4 members (excludes halogenated alkanes) is 7. The van der Waals surface area contributed by atoms with Gasteiger partial charge in [-0.3, -0.25) is 19.2 Å². The van der Waals surface area contributed by atoms with Gasteiger partial charge in [-0.1, -0.05) is 111 Å². The number of benzene rings is 2. The van der Waals surface area contributed by atoms with Crippen LogP contribution in [0.15, 0.2) is 108 Å². The Kier molecular flexibility index (Phi) is 21.8. The van der Waals surface area contributed by atoms with Gasteiger partial charge in [-0.2, -0.15) is 52.7 Å². The van der Waals surface area contributed by atoms with E-state index in [1.165, 1.54) is 12.2 Å². The molecule has 6 nitrogen and oxygen atoms in total. The van der Waals surface area contributed by atoms with Crippen molar-refractivity contribution in [2.45, 2.75) is 89.9 Å². The van der Waals surface area contributed by atoms with Crippen molar-refractivity contribution >= 4 is 46.7 Å². The van der Waals surface area contributed by atoms with Gasteiger partial charge in [0.15, 0.2) is 0 Å². The lowest BCUT2D eigenvalue weighted by Gasteiger charge is -2.23. The van der Waals surface area contributed by atoms with E-state index in [0.717, 1.165) is 113 Å². The molecular weight excluding hydrogens is 872 g/mol. The van der Waals surface area contributed by atoms with E-state index in [2.05, 4.69) is 9.80 Å². The lowest BCUT2D eigenvalue weighted by atomic mass is 10.1. The summed E-state index contributed by atoms with van der Waals surface area (Å²) in [6, 6.07) is 14.7. The summed E-state index contributed by atoms with van der Waals surface area (Å²) in [4.78, 5) is 49.8. The summed E-state index contributed by atoms with van der Waals surface area (Å²) in [5.41, 5.74) is -0.700. The van der Waals surface area contributed by atoms with E-state index in [9.17, 15) is 71.9 Å². The molecule has 0 aromatic heterocycles. The Morgan fingerprint density at radius 1 is 0.406 bits per heavy atom. The number of hydrogen-bond acceptors (Lipinski definition) is 6. The van der Waals surface area contributed by atoms with Gasteiger partial charge in [0.1, 0.15) is 0 Å². The molecule has 0 fully saturated rings. The molecule has 2 rings (SSSR count). The van der Waals surface area contributed by atoms with Crippen LogP contribution in [0.3, 0.4) is 0 Å². The lowest BCUT2D eigenvalue weighted by Crippen LogP contribution is -2.34. The number of alkyl halides is 12. The van der Waals surface area contributed by atoms with Crippen molar-refractivity contribution in [1.29, 1.82) is 0 Å². The first-order valence-corrected chi connectivity index (χ1v) is 20.2. The van der Waals surface area contributed by atoms with E-state index >= 15 is 0 Å². The SMILES string of the molecule is CCN(CCCCCCCCCCN(CC)c1ccc(C=CC=CC=C(C(=O)C(F)(F)F)C(=O)C(F)(F)F)cc1)c1ccc(C=CC=CC=C(C(=O)C(F)(F)F)C(=O)C(F)(F)F)cc1. The molecule has 0 spiro atoms. The number of rotatable bonds is 25. The fourth-order valence-electron chi connectivity index (χ4n) is 6.08. The Bertz CT molecular complexity index is 1820. The molecule has 0 aliphatic rings. The molecule has 2 aromatic rings. The third kappa shape index (κ3) is 19.0. The van der Waals surface area contributed by atoms with Gasteiger partial charge in [-0.15, -0.1) is 0 Å². The quantitative estimate of drug-likeness (QED) is 0.0247. The highest BCUT2D eigenvalue weighted by Gasteiger charge is 2.51. The molecule has 0 amide bonds. The van der Waals surface area contributed by atoms with Gasteiger partial charge in [0, 0.05) is 37.6 Å². The summed E-state index contributed by atoms with van der Waals surface area (Å²) in [6.07, 6.45) is -4.25. The molecule has 64 heavy (non-hydrogen) atoms. The average Bonchev–Trinajstić information content (AvgIpc) is 3.22. The first-order chi connectivity index (χ1) is 29.9. The molecule has 0 radical (unpaired) electrons. The summed E-state index contributed by atoms with van der Waals surface area (Å²) in [6.45, 7) is 7.26. The van der Waals surface area contributed by atoms with E-state index < -0.39 is 59.0 Å². The van der Waals surface area contributed by atoms with Crippen LogP contribution in [-0.4, -0.2) is 74.0 Å². The number of Topliss-reactive ketones (excluding diaryl/α,β-unsaturated/α-hetero) is 4. The molecule has 350 valence electrons. The minimum absolute atomic E-state index is 0.191. The fourth-order valence-corrected chi connectivity index (χ4v) is 6.08. The summed E-state index contributed by atoms with van der Waals surface area (Å²) in [5.74, 6) is -11.5. The molecule has 0 unspecified atom stereocenters. The molecule has 0 saturated carbocycles. The number of hydrogen-bond donors (Lipinski definition) is 0. The molecule has 0 heterocycles. The average molecular weight is 921 g/mol. The summed E-state index contributed by atoms with van der Waals surface area (Å²) in [7, 11) is 0. The van der Waals surface area contributed by atoms with Crippen LogP contribution in [0.4, 0.5) is 64.1 Å². The molecule has 0 atom stereocenters. The molecule has 0 N–H and O–H groups in total. The van der Waals surface area contributed by atoms with E-state index in [0.29, 0.717) is 11.1 Å². The summed E-state index contributed by atoms with van der Waals surface area (Å²) >= 11 is 0. The first-order valence-electron chi connectivity index (χ1n) is 20.2. The lowest BCUT2D eigenvalue weighted by molar-refractivity contribution is -0.175. The van der Waals surface area contributed by atoms with Gasteiger partial charge in [0.25, 0.3) is 23.1 Å². The molecule has 0 bridgehead atoms. The zero-order chi connectivity index (χ0) is 48.1. The number of anilines is 2. The van der Waals surface area contributed by atoms with Crippen LogP contribution in [-0.2, 0) is 19.2 Å². The Morgan fingerprint density at radius 3 is 0.922 bits per heavy atom. The monoisotopic (exact) mass is 920 g/mol. The second-order valence-corrected chi connectivity index (χ2v) is 14.1. The number of ketones is 4. The molecule has 2 aromatic carbocycles. The van der Waals surface area contributed by atoms with Crippen molar-refractivity contribution < 1.29 is 71.9 Å². The normalized spacial score (nSPS) is 12.7. The Hall–Kier alpha value is -5.68. The van der Waals surface area contributed by atoms with E-state index in [4.69, 9.17) is 0 Å². The van der Waals surface area contributed by atoms with Gasteiger partial charge >= 0.3 is 24.7 Å². The van der Waals surface area contributed by atoms with Crippen LogP contribution in [0, 0.1) is 0 Å². The van der Waals surface area contributed by atoms with E-state index in [1.807, 2.05) is 38.1 Å². The molecule has 0 aliphatic heterocycles. The summed E-state index contributed by atoms with van der Waals surface area (Å²) < 4.78 is 152. The van der Waals surface area contributed by atoms with Crippen LogP contribution in [0.2, 0.25) is 0 Å². The maximum absolute atomic E-state index is 12.7. The molecule has 0 aliphatic carbocycles. The maximum atomic E-state index is 12.7. The zero-order valence-electron chi connectivity index (χ0n) is 34.9. The van der Waals surface area contributed by atoms with E-state index in [1.54, 1.807) is 36.4 Å². The van der Waals surface area contributed by atoms with Crippen molar-refractivity contribution in [1.82, 2.24) is 0 Å². The highest BCUT2D eigenvalue weighted by atomic mass is 19.4. The standard InChI is InChI=1S/C46H48F12N2O4/c1-3-59(35-27-23-33(24-28-35)19-13-11-15-21-37(39(61)43(47,48)49)40(62)44(50,51)52)31-17-9-7-5-6-8-10-18-32-60(4-2)36-29-25-34(26-30-36)20-14-12-16-22-38(41(63)45(53,54)55)42(64)46(56,57)58/h11-16,19-30H,3-10,17-18,31-32H2,1-2H3. The third-order valence-electron chi connectivity index (χ3n) is 9.44. The number of allylic oxidation sites excluding steroid dienone is 10. The van der Waals surface area contributed by atoms with Crippen LogP contribution < -0.4 is 9.80 Å². The van der Waals surface area contributed by atoms with Gasteiger partial charge in [0.2, 0.25) is 0 Å². The van der Waals surface area contributed by atoms with Gasteiger partial charge in [0.05, 0.1) is 11.1 Å². The minimum Gasteiger partial charge on any atom is -0.372 e. The third-order valence-corrected chi connectivity index (χ3v) is 9.44. The Morgan fingerprint density at radius 2 is 0.672 bits per heavy atom. The molecule has 18 heteroatoms. The zero-order valence-corrected chi connectivity index (χ0v) is 34.9. The highest BCUT2D eigenvalue weighted by Crippen LogP contribution is 2.29. The molecular formula is C46H48F12N2O4. The van der Waals surface area contributed by atoms with Crippen molar-refractivity contribution in [2.24, 2.45) is 0 Å². The second-order valence-electron chi connectivity index (χ2n) is 14.1. The predicted octanol–water partition coefficient (Wildman–Crippen LogP) is 12.7. The Labute approximate surface area is 363 Å². The second kappa shape index (κ2) is 25.6. The predicted molar refractivity (Wildman–Crippen MR) is 222 cm³/mol. The van der Waals surface area contributed by atoms with Crippen molar-refractivity contribution in [3.63, 3.8) is 0 Å². The van der Waals surface area contributed by atoms with Crippen LogP contribution in [0.5, 0.6) is 0 Å². The smallest absolute Gasteiger partial charge is 0.372 e.